The van der Waals surface area contributed by atoms with Crippen molar-refractivity contribution in [2.24, 2.45) is 0 Å². The van der Waals surface area contributed by atoms with E-state index in [0.717, 1.165) is 57.6 Å². The van der Waals surface area contributed by atoms with Crippen LogP contribution in [0.15, 0.2) is 70.0 Å². The van der Waals surface area contributed by atoms with Gasteiger partial charge >= 0.3 is 0 Å². The second kappa shape index (κ2) is 15.1. The fourth-order valence-electron chi connectivity index (χ4n) is 5.71. The zero-order chi connectivity index (χ0) is 32.7. The largest absolute Gasteiger partial charge is 0.493 e. The van der Waals surface area contributed by atoms with E-state index in [9.17, 15) is 18.0 Å². The summed E-state index contributed by atoms with van der Waals surface area (Å²) in [6, 6.07) is 16.4. The number of nitrogens with zero attached hydrogens (tertiary/aromatic N) is 2. The van der Waals surface area contributed by atoms with E-state index in [1.165, 1.54) is 37.3 Å². The lowest BCUT2D eigenvalue weighted by molar-refractivity contribution is -0.139. The maximum absolute atomic E-state index is 14.3. The molecule has 0 radical (unpaired) electrons. The zero-order valence-electron chi connectivity index (χ0n) is 26.5. The van der Waals surface area contributed by atoms with Gasteiger partial charge < -0.3 is 19.7 Å². The molecule has 3 aromatic carbocycles. The summed E-state index contributed by atoms with van der Waals surface area (Å²) >= 11 is 3.49. The lowest BCUT2D eigenvalue weighted by Gasteiger charge is -2.33. The topological polar surface area (TPSA) is 105 Å². The molecule has 0 bridgehead atoms. The lowest BCUT2D eigenvalue weighted by atomic mass is 9.95. The summed E-state index contributed by atoms with van der Waals surface area (Å²) in [6.07, 6.45) is 5.07. The number of aryl methyl sites for hydroxylation is 2. The van der Waals surface area contributed by atoms with Crippen molar-refractivity contribution in [2.75, 3.05) is 25.1 Å². The van der Waals surface area contributed by atoms with Crippen molar-refractivity contribution in [2.45, 2.75) is 76.4 Å². The van der Waals surface area contributed by atoms with Crippen LogP contribution in [0.1, 0.15) is 55.7 Å². The summed E-state index contributed by atoms with van der Waals surface area (Å²) in [6.45, 7) is 5.04. The molecule has 0 heterocycles. The van der Waals surface area contributed by atoms with Gasteiger partial charge in [0.25, 0.3) is 10.0 Å². The number of sulfonamides is 1. The number of rotatable bonds is 12. The normalized spacial score (nSPS) is 14.4. The number of benzene rings is 3. The molecule has 4 rings (SSSR count). The fraction of sp³-hybridized carbons (Fsp3) is 0.412. The molecule has 0 aliphatic heterocycles. The molecule has 242 valence electrons. The van der Waals surface area contributed by atoms with Gasteiger partial charge in [-0.3, -0.25) is 13.9 Å². The molecule has 9 nitrogen and oxygen atoms in total. The van der Waals surface area contributed by atoms with Gasteiger partial charge in [0, 0.05) is 23.1 Å². The second-order valence-electron chi connectivity index (χ2n) is 11.5. The molecule has 0 spiro atoms. The Balaban J connectivity index is 1.74. The van der Waals surface area contributed by atoms with Crippen LogP contribution in [0.25, 0.3) is 0 Å². The van der Waals surface area contributed by atoms with E-state index >= 15 is 0 Å². The van der Waals surface area contributed by atoms with Crippen LogP contribution in [-0.2, 0) is 26.2 Å². The Kier molecular flexibility index (Phi) is 11.5. The van der Waals surface area contributed by atoms with Crippen LogP contribution in [0, 0.1) is 13.8 Å². The summed E-state index contributed by atoms with van der Waals surface area (Å²) in [5.74, 6) is -0.145. The number of methoxy groups -OCH3 is 2. The number of hydrogen-bond acceptors (Lipinski definition) is 6. The van der Waals surface area contributed by atoms with Crippen LogP contribution in [-0.4, -0.2) is 58.0 Å². The van der Waals surface area contributed by atoms with E-state index in [1.807, 2.05) is 44.2 Å². The summed E-state index contributed by atoms with van der Waals surface area (Å²) < 4.78 is 41.3. The van der Waals surface area contributed by atoms with Crippen molar-refractivity contribution < 1.29 is 27.5 Å². The van der Waals surface area contributed by atoms with Crippen molar-refractivity contribution in [3.05, 3.63) is 81.8 Å². The standard InChI is InChI=1S/C34H42BrN3O6S/c1-23-16-24(2)18-29(17-23)38(45(41,42)30-14-15-31(43-4)32(20-30)44-5)22-33(39)37(21-26-10-9-11-27(35)19-26)25(3)34(40)36-28-12-7-6-8-13-28/h9-11,14-20,25,28H,6-8,12-13,21-22H2,1-5H3,(H,36,40)/t25-/m0/s1. The van der Waals surface area contributed by atoms with E-state index in [1.54, 1.807) is 19.1 Å². The van der Waals surface area contributed by atoms with Crippen LogP contribution < -0.4 is 19.1 Å². The van der Waals surface area contributed by atoms with E-state index in [4.69, 9.17) is 9.47 Å². The van der Waals surface area contributed by atoms with Crippen molar-refractivity contribution in [1.82, 2.24) is 10.2 Å². The third kappa shape index (κ3) is 8.58. The third-order valence-corrected chi connectivity index (χ3v) is 10.3. The smallest absolute Gasteiger partial charge is 0.264 e. The zero-order valence-corrected chi connectivity index (χ0v) is 28.9. The van der Waals surface area contributed by atoms with Crippen LogP contribution in [0.3, 0.4) is 0 Å². The molecule has 1 aliphatic carbocycles. The molecular weight excluding hydrogens is 658 g/mol. The van der Waals surface area contributed by atoms with Crippen molar-refractivity contribution in [3.8, 4) is 11.5 Å². The van der Waals surface area contributed by atoms with Gasteiger partial charge in [-0.1, -0.05) is 53.4 Å². The van der Waals surface area contributed by atoms with Crippen molar-refractivity contribution in [3.63, 3.8) is 0 Å². The maximum atomic E-state index is 14.3. The van der Waals surface area contributed by atoms with Crippen LogP contribution in [0.4, 0.5) is 5.69 Å². The molecule has 0 unspecified atom stereocenters. The Hall–Kier alpha value is -3.57. The minimum Gasteiger partial charge on any atom is -0.493 e. The Labute approximate surface area is 275 Å². The number of anilines is 1. The Bertz CT molecular complexity index is 1600. The molecule has 1 fully saturated rings. The third-order valence-electron chi connectivity index (χ3n) is 8.08. The van der Waals surface area contributed by atoms with Crippen LogP contribution in [0.2, 0.25) is 0 Å². The highest BCUT2D eigenvalue weighted by Crippen LogP contribution is 2.33. The van der Waals surface area contributed by atoms with E-state index < -0.39 is 28.5 Å². The number of hydrogen-bond donors (Lipinski definition) is 1. The first-order chi connectivity index (χ1) is 21.4. The number of amides is 2. The Morgan fingerprint density at radius 3 is 2.22 bits per heavy atom. The molecular formula is C34H42BrN3O6S. The summed E-state index contributed by atoms with van der Waals surface area (Å²) in [4.78, 5) is 29.2. The molecule has 1 atom stereocenters. The molecule has 2 amide bonds. The number of carbonyl (C=O) groups is 2. The SMILES string of the molecule is COc1ccc(S(=O)(=O)N(CC(=O)N(Cc2cccc(Br)c2)[C@@H](C)C(=O)NC2CCCCC2)c2cc(C)cc(C)c2)cc1OC. The molecule has 1 aliphatic rings. The Morgan fingerprint density at radius 1 is 0.933 bits per heavy atom. The average molecular weight is 701 g/mol. The minimum atomic E-state index is -4.28. The van der Waals surface area contributed by atoms with Gasteiger partial charge in [0.2, 0.25) is 11.8 Å². The average Bonchev–Trinajstić information content (AvgIpc) is 3.01. The van der Waals surface area contributed by atoms with Gasteiger partial charge in [-0.05, 0) is 86.7 Å². The fourth-order valence-corrected chi connectivity index (χ4v) is 7.57. The predicted molar refractivity (Wildman–Crippen MR) is 179 cm³/mol. The van der Waals surface area contributed by atoms with Crippen molar-refractivity contribution in [1.29, 1.82) is 0 Å². The number of nitrogens with one attached hydrogen (secondary N) is 1. The first-order valence-corrected chi connectivity index (χ1v) is 17.3. The highest BCUT2D eigenvalue weighted by atomic mass is 79.9. The molecule has 3 aromatic rings. The first kappa shape index (κ1) is 34.3. The van der Waals surface area contributed by atoms with Crippen LogP contribution in [0.5, 0.6) is 11.5 Å². The predicted octanol–water partition coefficient (Wildman–Crippen LogP) is 6.14. The highest BCUT2D eigenvalue weighted by molar-refractivity contribution is 9.10. The van der Waals surface area contributed by atoms with E-state index in [2.05, 4.69) is 21.2 Å². The lowest BCUT2D eigenvalue weighted by Crippen LogP contribution is -2.53. The van der Waals surface area contributed by atoms with Gasteiger partial charge in [0.1, 0.15) is 12.6 Å². The van der Waals surface area contributed by atoms with E-state index in [0.29, 0.717) is 11.4 Å². The number of carbonyl (C=O) groups excluding carboxylic acids is 2. The van der Waals surface area contributed by atoms with Crippen LogP contribution >= 0.6 is 15.9 Å². The second-order valence-corrected chi connectivity index (χ2v) is 14.3. The monoisotopic (exact) mass is 699 g/mol. The molecule has 0 aromatic heterocycles. The quantitative estimate of drug-likeness (QED) is 0.243. The first-order valence-electron chi connectivity index (χ1n) is 15.1. The minimum absolute atomic E-state index is 0.0614. The maximum Gasteiger partial charge on any atom is 0.264 e. The highest BCUT2D eigenvalue weighted by Gasteiger charge is 2.34. The summed E-state index contributed by atoms with van der Waals surface area (Å²) in [5.41, 5.74) is 2.83. The Morgan fingerprint density at radius 2 is 1.60 bits per heavy atom. The van der Waals surface area contributed by atoms with Gasteiger partial charge in [-0.25, -0.2) is 8.42 Å². The number of halogens is 1. The number of ether oxygens (including phenoxy) is 2. The van der Waals surface area contributed by atoms with Gasteiger partial charge in [0.15, 0.2) is 11.5 Å². The summed E-state index contributed by atoms with van der Waals surface area (Å²) in [7, 11) is -1.38. The van der Waals surface area contributed by atoms with Crippen molar-refractivity contribution >= 4 is 43.5 Å². The van der Waals surface area contributed by atoms with E-state index in [-0.39, 0.29) is 29.1 Å². The molecule has 1 saturated carbocycles. The molecule has 11 heteroatoms. The van der Waals surface area contributed by atoms with Gasteiger partial charge in [-0.15, -0.1) is 0 Å². The molecule has 45 heavy (non-hydrogen) atoms. The van der Waals surface area contributed by atoms with Gasteiger partial charge in [-0.2, -0.15) is 0 Å². The molecule has 1 N–H and O–H groups in total. The summed E-state index contributed by atoms with van der Waals surface area (Å²) in [5, 5.41) is 3.13. The van der Waals surface area contributed by atoms with Gasteiger partial charge in [0.05, 0.1) is 24.8 Å². The molecule has 0 saturated heterocycles.